The Kier molecular flexibility index (Phi) is 2.59. The van der Waals surface area contributed by atoms with Crippen molar-refractivity contribution in [3.8, 4) is 0 Å². The van der Waals surface area contributed by atoms with Gasteiger partial charge in [0, 0.05) is 0 Å². The SMILES string of the molecule is Nc1ccc(C(=O)O)nc1NC1CC2CCC1O2. The highest BCUT2D eigenvalue weighted by atomic mass is 16.5. The Bertz CT molecular complexity index is 491. The molecule has 2 aliphatic heterocycles. The number of aromatic carboxylic acids is 1. The molecule has 0 radical (unpaired) electrons. The van der Waals surface area contributed by atoms with Gasteiger partial charge in [-0.3, -0.25) is 0 Å². The number of aromatic nitrogens is 1. The van der Waals surface area contributed by atoms with E-state index in [0.717, 1.165) is 19.3 Å². The molecular weight excluding hydrogens is 234 g/mol. The number of pyridine rings is 1. The summed E-state index contributed by atoms with van der Waals surface area (Å²) >= 11 is 0. The van der Waals surface area contributed by atoms with E-state index in [-0.39, 0.29) is 17.8 Å². The molecule has 0 saturated carbocycles. The zero-order valence-corrected chi connectivity index (χ0v) is 9.80. The highest BCUT2D eigenvalue weighted by Gasteiger charge is 2.41. The predicted octanol–water partition coefficient (Wildman–Crippen LogP) is 1.09. The Hall–Kier alpha value is -1.82. The summed E-state index contributed by atoms with van der Waals surface area (Å²) in [6.45, 7) is 0. The average molecular weight is 249 g/mol. The summed E-state index contributed by atoms with van der Waals surface area (Å²) in [5.41, 5.74) is 6.26. The van der Waals surface area contributed by atoms with Gasteiger partial charge in [0.15, 0.2) is 11.5 Å². The van der Waals surface area contributed by atoms with Gasteiger partial charge in [-0.25, -0.2) is 9.78 Å². The molecule has 96 valence electrons. The Morgan fingerprint density at radius 1 is 1.50 bits per heavy atom. The van der Waals surface area contributed by atoms with Crippen molar-refractivity contribution in [3.63, 3.8) is 0 Å². The standard InChI is InChI=1S/C12H15N3O3/c13-7-2-3-8(12(16)17)14-11(7)15-9-5-6-1-4-10(9)18-6/h2-3,6,9-10H,1,4-5,13H2,(H,14,15)(H,16,17). The monoisotopic (exact) mass is 249 g/mol. The number of nitrogen functional groups attached to an aromatic ring is 1. The van der Waals surface area contributed by atoms with Crippen LogP contribution in [0.15, 0.2) is 12.1 Å². The van der Waals surface area contributed by atoms with E-state index in [1.165, 1.54) is 6.07 Å². The van der Waals surface area contributed by atoms with Crippen LogP contribution >= 0.6 is 0 Å². The maximum atomic E-state index is 10.9. The maximum Gasteiger partial charge on any atom is 0.354 e. The van der Waals surface area contributed by atoms with E-state index in [2.05, 4.69) is 10.3 Å². The molecule has 2 fully saturated rings. The van der Waals surface area contributed by atoms with Crippen LogP contribution in [0.25, 0.3) is 0 Å². The molecule has 6 nitrogen and oxygen atoms in total. The third-order valence-electron chi connectivity index (χ3n) is 3.57. The highest BCUT2D eigenvalue weighted by molar-refractivity contribution is 5.86. The van der Waals surface area contributed by atoms with Crippen LogP contribution in [0.1, 0.15) is 29.8 Å². The van der Waals surface area contributed by atoms with Crippen molar-refractivity contribution in [3.05, 3.63) is 17.8 Å². The van der Waals surface area contributed by atoms with E-state index in [4.69, 9.17) is 15.6 Å². The van der Waals surface area contributed by atoms with Crippen molar-refractivity contribution in [2.24, 2.45) is 0 Å². The van der Waals surface area contributed by atoms with Crippen LogP contribution in [0, 0.1) is 0 Å². The van der Waals surface area contributed by atoms with E-state index in [1.54, 1.807) is 6.07 Å². The van der Waals surface area contributed by atoms with Gasteiger partial charge in [-0.15, -0.1) is 0 Å². The van der Waals surface area contributed by atoms with Crippen LogP contribution in [0.5, 0.6) is 0 Å². The lowest BCUT2D eigenvalue weighted by atomic mass is 9.95. The van der Waals surface area contributed by atoms with Gasteiger partial charge in [-0.2, -0.15) is 0 Å². The minimum atomic E-state index is -1.05. The second kappa shape index (κ2) is 4.13. The summed E-state index contributed by atoms with van der Waals surface area (Å²) in [4.78, 5) is 14.9. The topological polar surface area (TPSA) is 97.5 Å². The number of nitrogens with one attached hydrogen (secondary N) is 1. The number of hydrogen-bond donors (Lipinski definition) is 3. The van der Waals surface area contributed by atoms with Crippen molar-refractivity contribution in [1.29, 1.82) is 0 Å². The van der Waals surface area contributed by atoms with Gasteiger partial charge in [0.25, 0.3) is 0 Å². The normalized spacial score (nSPS) is 29.4. The quantitative estimate of drug-likeness (QED) is 0.742. The molecule has 3 heterocycles. The molecular formula is C12H15N3O3. The number of rotatable bonds is 3. The summed E-state index contributed by atoms with van der Waals surface area (Å²) in [6.07, 6.45) is 3.62. The maximum absolute atomic E-state index is 10.9. The van der Waals surface area contributed by atoms with Crippen LogP contribution in [-0.4, -0.2) is 34.3 Å². The second-order valence-electron chi connectivity index (χ2n) is 4.80. The fourth-order valence-corrected chi connectivity index (χ4v) is 2.67. The lowest BCUT2D eigenvalue weighted by Crippen LogP contribution is -2.31. The van der Waals surface area contributed by atoms with Crippen molar-refractivity contribution < 1.29 is 14.6 Å². The lowest BCUT2D eigenvalue weighted by Gasteiger charge is -2.21. The summed E-state index contributed by atoms with van der Waals surface area (Å²) < 4.78 is 5.73. The minimum absolute atomic E-state index is 0.00391. The number of hydrogen-bond acceptors (Lipinski definition) is 5. The van der Waals surface area contributed by atoms with Crippen molar-refractivity contribution in [2.45, 2.75) is 37.5 Å². The molecule has 3 atom stereocenters. The van der Waals surface area contributed by atoms with Crippen molar-refractivity contribution >= 4 is 17.5 Å². The Morgan fingerprint density at radius 2 is 2.33 bits per heavy atom. The minimum Gasteiger partial charge on any atom is -0.477 e. The molecule has 2 bridgehead atoms. The van der Waals surface area contributed by atoms with Crippen LogP contribution in [0.3, 0.4) is 0 Å². The molecule has 4 N–H and O–H groups in total. The fraction of sp³-hybridized carbons (Fsp3) is 0.500. The van der Waals surface area contributed by atoms with E-state index in [9.17, 15) is 4.79 Å². The average Bonchev–Trinajstić information content (AvgIpc) is 2.93. The predicted molar refractivity (Wildman–Crippen MR) is 65.5 cm³/mol. The summed E-state index contributed by atoms with van der Waals surface area (Å²) in [6, 6.07) is 3.15. The Morgan fingerprint density at radius 3 is 2.94 bits per heavy atom. The fourth-order valence-electron chi connectivity index (χ4n) is 2.67. The van der Waals surface area contributed by atoms with E-state index in [0.29, 0.717) is 17.6 Å². The molecule has 0 aromatic carbocycles. The van der Waals surface area contributed by atoms with E-state index >= 15 is 0 Å². The molecule has 1 aromatic rings. The van der Waals surface area contributed by atoms with Crippen LogP contribution in [0.4, 0.5) is 11.5 Å². The van der Waals surface area contributed by atoms with Gasteiger partial charge >= 0.3 is 5.97 Å². The van der Waals surface area contributed by atoms with Crippen LogP contribution < -0.4 is 11.1 Å². The van der Waals surface area contributed by atoms with E-state index in [1.807, 2.05) is 0 Å². The second-order valence-corrected chi connectivity index (χ2v) is 4.80. The van der Waals surface area contributed by atoms with Crippen LogP contribution in [-0.2, 0) is 4.74 Å². The van der Waals surface area contributed by atoms with Crippen LogP contribution in [0.2, 0.25) is 0 Å². The largest absolute Gasteiger partial charge is 0.477 e. The first kappa shape index (κ1) is 11.3. The molecule has 2 aliphatic rings. The summed E-state index contributed by atoms with van der Waals surface area (Å²) in [7, 11) is 0. The number of carboxylic acid groups (broad SMARTS) is 1. The molecule has 3 rings (SSSR count). The first-order valence-electron chi connectivity index (χ1n) is 6.05. The highest BCUT2D eigenvalue weighted by Crippen LogP contribution is 2.36. The van der Waals surface area contributed by atoms with Crippen molar-refractivity contribution in [2.75, 3.05) is 11.1 Å². The van der Waals surface area contributed by atoms with Gasteiger partial charge in [-0.05, 0) is 31.4 Å². The number of ether oxygens (including phenoxy) is 1. The van der Waals surface area contributed by atoms with Crippen molar-refractivity contribution in [1.82, 2.24) is 4.98 Å². The first-order valence-corrected chi connectivity index (χ1v) is 6.05. The number of anilines is 2. The Labute approximate surface area is 104 Å². The lowest BCUT2D eigenvalue weighted by molar-refractivity contribution is 0.0690. The molecule has 2 saturated heterocycles. The molecule has 1 aromatic heterocycles. The molecule has 0 aliphatic carbocycles. The van der Waals surface area contributed by atoms with E-state index < -0.39 is 5.97 Å². The smallest absolute Gasteiger partial charge is 0.354 e. The number of carboxylic acids is 1. The number of fused-ring (bicyclic) bond motifs is 2. The molecule has 0 spiro atoms. The number of nitrogens with two attached hydrogens (primary N) is 1. The molecule has 0 amide bonds. The zero-order valence-electron chi connectivity index (χ0n) is 9.80. The third-order valence-corrected chi connectivity index (χ3v) is 3.57. The number of nitrogens with zero attached hydrogens (tertiary/aromatic N) is 1. The van der Waals surface area contributed by atoms with Gasteiger partial charge in [-0.1, -0.05) is 0 Å². The number of carbonyl (C=O) groups is 1. The molecule has 18 heavy (non-hydrogen) atoms. The molecule has 3 unspecified atom stereocenters. The summed E-state index contributed by atoms with van der Waals surface area (Å²) in [5.74, 6) is -0.613. The van der Waals surface area contributed by atoms with Gasteiger partial charge in [0.1, 0.15) is 0 Å². The third kappa shape index (κ3) is 1.88. The van der Waals surface area contributed by atoms with Gasteiger partial charge in [0.05, 0.1) is 23.9 Å². The Balaban J connectivity index is 1.79. The first-order chi connectivity index (χ1) is 8.63. The zero-order chi connectivity index (χ0) is 12.7. The summed E-state index contributed by atoms with van der Waals surface area (Å²) in [5, 5.41) is 12.1. The molecule has 6 heteroatoms. The van der Waals surface area contributed by atoms with Gasteiger partial charge in [0.2, 0.25) is 0 Å². The van der Waals surface area contributed by atoms with Gasteiger partial charge < -0.3 is 20.9 Å².